The van der Waals surface area contributed by atoms with Gasteiger partial charge in [-0.15, -0.1) is 0 Å². The molecule has 1 aromatic rings. The number of carbonyl (C=O) groups is 1. The molecule has 0 spiro atoms. The summed E-state index contributed by atoms with van der Waals surface area (Å²) in [5.74, 6) is -0.139. The summed E-state index contributed by atoms with van der Waals surface area (Å²) >= 11 is 0. The van der Waals surface area contributed by atoms with E-state index in [9.17, 15) is 13.2 Å². The molecular formula is C14H19N3O3S. The van der Waals surface area contributed by atoms with Crippen LogP contribution in [0.2, 0.25) is 0 Å². The van der Waals surface area contributed by atoms with Gasteiger partial charge in [0.25, 0.3) is 5.91 Å². The largest absolute Gasteiger partial charge is 0.349 e. The molecule has 0 saturated carbocycles. The van der Waals surface area contributed by atoms with Crippen LogP contribution >= 0.6 is 0 Å². The van der Waals surface area contributed by atoms with Crippen molar-refractivity contribution < 1.29 is 13.2 Å². The summed E-state index contributed by atoms with van der Waals surface area (Å²) in [7, 11) is -3.16. The fourth-order valence-corrected chi connectivity index (χ4v) is 5.03. The van der Waals surface area contributed by atoms with Gasteiger partial charge in [-0.2, -0.15) is 4.31 Å². The molecule has 3 rings (SSSR count). The zero-order valence-electron chi connectivity index (χ0n) is 11.9. The Morgan fingerprint density at radius 1 is 1.33 bits per heavy atom. The molecule has 114 valence electrons. The Kier molecular flexibility index (Phi) is 3.71. The zero-order valence-corrected chi connectivity index (χ0v) is 12.7. The van der Waals surface area contributed by atoms with Crippen molar-refractivity contribution in [3.05, 3.63) is 30.1 Å². The average molecular weight is 309 g/mol. The van der Waals surface area contributed by atoms with E-state index in [1.54, 1.807) is 22.6 Å². The van der Waals surface area contributed by atoms with Crippen LogP contribution in [0.15, 0.2) is 24.5 Å². The number of rotatable bonds is 3. The van der Waals surface area contributed by atoms with Gasteiger partial charge in [-0.05, 0) is 37.8 Å². The van der Waals surface area contributed by atoms with Gasteiger partial charge in [0.2, 0.25) is 10.0 Å². The molecule has 7 heteroatoms. The number of piperidine rings is 1. The molecule has 0 unspecified atom stereocenters. The molecule has 2 atom stereocenters. The van der Waals surface area contributed by atoms with E-state index in [1.807, 2.05) is 0 Å². The third-order valence-corrected chi connectivity index (χ3v) is 5.67. The molecule has 6 nitrogen and oxygen atoms in total. The number of amides is 1. The normalized spacial score (nSPS) is 29.3. The zero-order chi connectivity index (χ0) is 15.0. The Bertz CT molecular complexity index is 618. The van der Waals surface area contributed by atoms with Gasteiger partial charge in [-0.25, -0.2) is 8.42 Å². The van der Waals surface area contributed by atoms with Crippen LogP contribution < -0.4 is 5.32 Å². The number of nitrogens with one attached hydrogen (secondary N) is 1. The Balaban J connectivity index is 1.67. The lowest BCUT2D eigenvalue weighted by atomic mass is 9.99. The second-order valence-corrected chi connectivity index (χ2v) is 7.75. The molecular weight excluding hydrogens is 290 g/mol. The van der Waals surface area contributed by atoms with E-state index in [0.29, 0.717) is 18.4 Å². The quantitative estimate of drug-likeness (QED) is 0.894. The van der Waals surface area contributed by atoms with E-state index >= 15 is 0 Å². The molecule has 1 N–H and O–H groups in total. The lowest BCUT2D eigenvalue weighted by molar-refractivity contribution is 0.0909. The summed E-state index contributed by atoms with van der Waals surface area (Å²) in [4.78, 5) is 16.1. The summed E-state index contributed by atoms with van der Waals surface area (Å²) in [5, 5.41) is 3.01. The topological polar surface area (TPSA) is 79.4 Å². The maximum absolute atomic E-state index is 12.1. The summed E-state index contributed by atoms with van der Waals surface area (Å²) < 4.78 is 25.3. The summed E-state index contributed by atoms with van der Waals surface area (Å²) in [6, 6.07) is 3.54. The van der Waals surface area contributed by atoms with Crippen LogP contribution in [-0.4, -0.2) is 48.0 Å². The molecule has 0 aliphatic carbocycles. The molecule has 1 aromatic heterocycles. The van der Waals surface area contributed by atoms with Gasteiger partial charge in [0.1, 0.15) is 0 Å². The van der Waals surface area contributed by atoms with Crippen LogP contribution in [0, 0.1) is 0 Å². The van der Waals surface area contributed by atoms with Gasteiger partial charge in [0.15, 0.2) is 0 Å². The van der Waals surface area contributed by atoms with Crippen molar-refractivity contribution in [2.45, 2.75) is 43.8 Å². The van der Waals surface area contributed by atoms with Crippen LogP contribution in [-0.2, 0) is 10.0 Å². The smallest absolute Gasteiger partial charge is 0.253 e. The number of hydrogen-bond acceptors (Lipinski definition) is 4. The SMILES string of the molecule is CS(=O)(=O)N1[C@H]2CC[C@H]1CC(NC(=O)c1cccnc1)C2. The van der Waals surface area contributed by atoms with Crippen molar-refractivity contribution in [1.82, 2.24) is 14.6 Å². The molecule has 2 fully saturated rings. The number of hydrogen-bond donors (Lipinski definition) is 1. The molecule has 2 aliphatic rings. The molecule has 0 radical (unpaired) electrons. The van der Waals surface area contributed by atoms with Crippen LogP contribution in [0.5, 0.6) is 0 Å². The minimum atomic E-state index is -3.16. The maximum Gasteiger partial charge on any atom is 0.253 e. The number of aromatic nitrogens is 1. The fourth-order valence-electron chi connectivity index (χ4n) is 3.56. The van der Waals surface area contributed by atoms with Crippen molar-refractivity contribution in [2.24, 2.45) is 0 Å². The van der Waals surface area contributed by atoms with Crippen molar-refractivity contribution >= 4 is 15.9 Å². The number of sulfonamides is 1. The van der Waals surface area contributed by atoms with Crippen molar-refractivity contribution in [1.29, 1.82) is 0 Å². The standard InChI is InChI=1S/C14H19N3O3S/c1-21(19,20)17-12-4-5-13(17)8-11(7-12)16-14(18)10-3-2-6-15-9-10/h2-3,6,9,11-13H,4-5,7-8H2,1H3,(H,16,18)/t12-,13-/m0/s1. The highest BCUT2D eigenvalue weighted by Gasteiger charge is 2.45. The monoisotopic (exact) mass is 309 g/mol. The second-order valence-electron chi connectivity index (χ2n) is 5.86. The molecule has 1 amide bonds. The summed E-state index contributed by atoms with van der Waals surface area (Å²) in [6.07, 6.45) is 7.59. The third kappa shape index (κ3) is 2.94. The summed E-state index contributed by atoms with van der Waals surface area (Å²) in [6.45, 7) is 0. The van der Waals surface area contributed by atoms with Crippen molar-refractivity contribution in [3.63, 3.8) is 0 Å². The van der Waals surface area contributed by atoms with Gasteiger partial charge >= 0.3 is 0 Å². The molecule has 2 aliphatic heterocycles. The fraction of sp³-hybridized carbons (Fsp3) is 0.571. The minimum Gasteiger partial charge on any atom is -0.349 e. The highest BCUT2D eigenvalue weighted by atomic mass is 32.2. The van der Waals surface area contributed by atoms with Crippen molar-refractivity contribution in [2.75, 3.05) is 6.26 Å². The summed E-state index contributed by atoms with van der Waals surface area (Å²) in [5.41, 5.74) is 0.537. The Labute approximate surface area is 124 Å². The first-order chi connectivity index (χ1) is 9.95. The van der Waals surface area contributed by atoms with Crippen LogP contribution in [0.1, 0.15) is 36.0 Å². The highest BCUT2D eigenvalue weighted by molar-refractivity contribution is 7.88. The molecule has 2 saturated heterocycles. The van der Waals surface area contributed by atoms with E-state index in [0.717, 1.165) is 12.8 Å². The highest BCUT2D eigenvalue weighted by Crippen LogP contribution is 2.37. The van der Waals surface area contributed by atoms with Crippen LogP contribution in [0.3, 0.4) is 0 Å². The Morgan fingerprint density at radius 2 is 2.00 bits per heavy atom. The van der Waals surface area contributed by atoms with Gasteiger partial charge in [0.05, 0.1) is 11.8 Å². The first kappa shape index (κ1) is 14.5. The molecule has 2 bridgehead atoms. The number of carbonyl (C=O) groups excluding carboxylic acids is 1. The Morgan fingerprint density at radius 3 is 2.52 bits per heavy atom. The van der Waals surface area contributed by atoms with Crippen LogP contribution in [0.25, 0.3) is 0 Å². The lowest BCUT2D eigenvalue weighted by Gasteiger charge is -2.37. The molecule has 21 heavy (non-hydrogen) atoms. The first-order valence-corrected chi connectivity index (χ1v) is 8.99. The number of fused-ring (bicyclic) bond motifs is 2. The van der Waals surface area contributed by atoms with Crippen LogP contribution in [0.4, 0.5) is 0 Å². The predicted octanol–water partition coefficient (Wildman–Crippen LogP) is 0.766. The molecule has 3 heterocycles. The Hall–Kier alpha value is -1.47. The van der Waals surface area contributed by atoms with E-state index in [-0.39, 0.29) is 24.0 Å². The average Bonchev–Trinajstić information content (AvgIpc) is 2.72. The molecule has 0 aromatic carbocycles. The van der Waals surface area contributed by atoms with Gasteiger partial charge < -0.3 is 5.32 Å². The number of nitrogens with zero attached hydrogens (tertiary/aromatic N) is 2. The van der Waals surface area contributed by atoms with Gasteiger partial charge in [-0.3, -0.25) is 9.78 Å². The van der Waals surface area contributed by atoms with Gasteiger partial charge in [0, 0.05) is 30.5 Å². The minimum absolute atomic E-state index is 0.0259. The van der Waals surface area contributed by atoms with E-state index in [1.165, 1.54) is 12.5 Å². The maximum atomic E-state index is 12.1. The number of pyridine rings is 1. The van der Waals surface area contributed by atoms with Gasteiger partial charge in [-0.1, -0.05) is 0 Å². The van der Waals surface area contributed by atoms with E-state index in [4.69, 9.17) is 0 Å². The van der Waals surface area contributed by atoms with Crippen molar-refractivity contribution in [3.8, 4) is 0 Å². The lowest BCUT2D eigenvalue weighted by Crippen LogP contribution is -2.52. The van der Waals surface area contributed by atoms with E-state index in [2.05, 4.69) is 10.3 Å². The van der Waals surface area contributed by atoms with E-state index < -0.39 is 10.0 Å². The predicted molar refractivity (Wildman–Crippen MR) is 78.2 cm³/mol. The first-order valence-electron chi connectivity index (χ1n) is 7.14. The second kappa shape index (κ2) is 5.38. The third-order valence-electron chi connectivity index (χ3n) is 4.31.